The smallest absolute Gasteiger partial charge is 0.0807 e. The zero-order valence-electron chi connectivity index (χ0n) is 13.0. The standard InChI is InChI=1S/C16H31NO3/c1-18-10-11-19-12-13-20-16(14-17-15-6-7-15)8-4-2-3-5-9-16/h15,17H,2-14H2,1H3. The predicted octanol–water partition coefficient (Wildman–Crippen LogP) is 2.51. The molecule has 0 atom stereocenters. The van der Waals surface area contributed by atoms with Gasteiger partial charge in [-0.3, -0.25) is 0 Å². The van der Waals surface area contributed by atoms with Gasteiger partial charge in [0.2, 0.25) is 0 Å². The van der Waals surface area contributed by atoms with Crippen molar-refractivity contribution in [3.8, 4) is 0 Å². The van der Waals surface area contributed by atoms with Crippen LogP contribution in [0.2, 0.25) is 0 Å². The lowest BCUT2D eigenvalue weighted by molar-refractivity contribution is -0.0779. The number of methoxy groups -OCH3 is 1. The second-order valence-electron chi connectivity index (χ2n) is 6.21. The van der Waals surface area contributed by atoms with Crippen LogP contribution in [0.15, 0.2) is 0 Å². The molecular weight excluding hydrogens is 254 g/mol. The molecule has 0 aromatic heterocycles. The van der Waals surface area contributed by atoms with Crippen molar-refractivity contribution in [3.05, 3.63) is 0 Å². The molecule has 4 heteroatoms. The van der Waals surface area contributed by atoms with Gasteiger partial charge in [0.25, 0.3) is 0 Å². The zero-order chi connectivity index (χ0) is 14.1. The molecule has 0 heterocycles. The first-order valence-corrected chi connectivity index (χ1v) is 8.29. The normalized spacial score (nSPS) is 22.6. The minimum atomic E-state index is 0.0592. The minimum absolute atomic E-state index is 0.0592. The molecule has 118 valence electrons. The van der Waals surface area contributed by atoms with E-state index in [9.17, 15) is 0 Å². The number of nitrogens with one attached hydrogen (secondary N) is 1. The molecule has 0 bridgehead atoms. The summed E-state index contributed by atoms with van der Waals surface area (Å²) in [6.07, 6.45) is 10.4. The highest BCUT2D eigenvalue weighted by atomic mass is 16.5. The summed E-state index contributed by atoms with van der Waals surface area (Å²) in [6, 6.07) is 0.761. The van der Waals surface area contributed by atoms with Crippen molar-refractivity contribution in [2.24, 2.45) is 0 Å². The van der Waals surface area contributed by atoms with Gasteiger partial charge in [0.05, 0.1) is 32.0 Å². The average molecular weight is 285 g/mol. The van der Waals surface area contributed by atoms with Crippen LogP contribution in [-0.2, 0) is 14.2 Å². The Hall–Kier alpha value is -0.160. The molecule has 4 nitrogen and oxygen atoms in total. The maximum Gasteiger partial charge on any atom is 0.0807 e. The summed E-state index contributed by atoms with van der Waals surface area (Å²) in [7, 11) is 1.70. The average Bonchev–Trinajstić information content (AvgIpc) is 3.28. The van der Waals surface area contributed by atoms with E-state index >= 15 is 0 Å². The van der Waals surface area contributed by atoms with Crippen LogP contribution in [0.3, 0.4) is 0 Å². The van der Waals surface area contributed by atoms with Gasteiger partial charge in [-0.15, -0.1) is 0 Å². The fourth-order valence-electron chi connectivity index (χ4n) is 2.92. The quantitative estimate of drug-likeness (QED) is 0.494. The Kier molecular flexibility index (Phi) is 7.28. The van der Waals surface area contributed by atoms with Gasteiger partial charge in [0.15, 0.2) is 0 Å². The topological polar surface area (TPSA) is 39.7 Å². The van der Waals surface area contributed by atoms with E-state index in [1.807, 2.05) is 0 Å². The zero-order valence-corrected chi connectivity index (χ0v) is 13.0. The highest BCUT2D eigenvalue weighted by Gasteiger charge is 2.33. The molecule has 1 N–H and O–H groups in total. The molecule has 20 heavy (non-hydrogen) atoms. The highest BCUT2D eigenvalue weighted by molar-refractivity contribution is 4.90. The summed E-state index contributed by atoms with van der Waals surface area (Å²) in [4.78, 5) is 0. The molecule has 0 aromatic rings. The van der Waals surface area contributed by atoms with Crippen molar-refractivity contribution in [3.63, 3.8) is 0 Å². The summed E-state index contributed by atoms with van der Waals surface area (Å²) in [5, 5.41) is 3.67. The van der Waals surface area contributed by atoms with Crippen molar-refractivity contribution in [2.45, 2.75) is 63.0 Å². The molecule has 0 unspecified atom stereocenters. The number of hydrogen-bond acceptors (Lipinski definition) is 4. The van der Waals surface area contributed by atoms with Crippen LogP contribution in [0.1, 0.15) is 51.4 Å². The lowest BCUT2D eigenvalue weighted by Gasteiger charge is -2.33. The van der Waals surface area contributed by atoms with Gasteiger partial charge in [-0.1, -0.05) is 25.7 Å². The molecule has 0 aliphatic heterocycles. The first-order chi connectivity index (χ1) is 9.85. The summed E-state index contributed by atoms with van der Waals surface area (Å²) < 4.78 is 16.8. The molecular formula is C16H31NO3. The molecule has 2 rings (SSSR count). The summed E-state index contributed by atoms with van der Waals surface area (Å²) >= 11 is 0. The SMILES string of the molecule is COCCOCCOC1(CNC2CC2)CCCCCC1. The number of hydrogen-bond donors (Lipinski definition) is 1. The Morgan fingerprint density at radius 3 is 2.30 bits per heavy atom. The highest BCUT2D eigenvalue weighted by Crippen LogP contribution is 2.31. The van der Waals surface area contributed by atoms with Gasteiger partial charge in [0.1, 0.15) is 0 Å². The molecule has 2 aliphatic rings. The maximum atomic E-state index is 6.28. The molecule has 2 saturated carbocycles. The van der Waals surface area contributed by atoms with E-state index in [0.717, 1.165) is 12.6 Å². The Balaban J connectivity index is 1.69. The van der Waals surface area contributed by atoms with E-state index in [1.165, 1.54) is 51.4 Å². The van der Waals surface area contributed by atoms with Gasteiger partial charge in [-0.2, -0.15) is 0 Å². The first-order valence-electron chi connectivity index (χ1n) is 8.29. The van der Waals surface area contributed by atoms with E-state index in [4.69, 9.17) is 14.2 Å². The van der Waals surface area contributed by atoms with E-state index in [0.29, 0.717) is 26.4 Å². The predicted molar refractivity (Wildman–Crippen MR) is 80.1 cm³/mol. The van der Waals surface area contributed by atoms with E-state index in [2.05, 4.69) is 5.32 Å². The van der Waals surface area contributed by atoms with Crippen molar-refractivity contribution in [1.29, 1.82) is 0 Å². The van der Waals surface area contributed by atoms with E-state index in [1.54, 1.807) is 7.11 Å². The molecule has 0 amide bonds. The Morgan fingerprint density at radius 1 is 0.950 bits per heavy atom. The Labute approximate surface area is 123 Å². The molecule has 0 saturated heterocycles. The van der Waals surface area contributed by atoms with Gasteiger partial charge < -0.3 is 19.5 Å². The van der Waals surface area contributed by atoms with Gasteiger partial charge in [-0.25, -0.2) is 0 Å². The number of ether oxygens (including phenoxy) is 3. The van der Waals surface area contributed by atoms with Gasteiger partial charge >= 0.3 is 0 Å². The third-order valence-corrected chi connectivity index (χ3v) is 4.37. The summed E-state index contributed by atoms with van der Waals surface area (Å²) in [5.74, 6) is 0. The largest absolute Gasteiger partial charge is 0.382 e. The molecule has 0 radical (unpaired) electrons. The van der Waals surface area contributed by atoms with Crippen molar-refractivity contribution >= 4 is 0 Å². The van der Waals surface area contributed by atoms with Crippen LogP contribution in [0.5, 0.6) is 0 Å². The Bertz CT molecular complexity index is 248. The van der Waals surface area contributed by atoms with Crippen LogP contribution >= 0.6 is 0 Å². The maximum absolute atomic E-state index is 6.28. The van der Waals surface area contributed by atoms with Crippen LogP contribution in [0.25, 0.3) is 0 Å². The number of rotatable bonds is 10. The minimum Gasteiger partial charge on any atom is -0.382 e. The van der Waals surface area contributed by atoms with E-state index in [-0.39, 0.29) is 5.60 Å². The van der Waals surface area contributed by atoms with Crippen molar-refractivity contribution in [2.75, 3.05) is 40.1 Å². The third-order valence-electron chi connectivity index (χ3n) is 4.37. The van der Waals surface area contributed by atoms with Crippen LogP contribution in [-0.4, -0.2) is 51.7 Å². The summed E-state index contributed by atoms with van der Waals surface area (Å²) in [6.45, 7) is 3.72. The molecule has 0 aromatic carbocycles. The third kappa shape index (κ3) is 6.08. The molecule has 0 spiro atoms. The van der Waals surface area contributed by atoms with Gasteiger partial charge in [-0.05, 0) is 25.7 Å². The van der Waals surface area contributed by atoms with Crippen LogP contribution in [0.4, 0.5) is 0 Å². The fourth-order valence-corrected chi connectivity index (χ4v) is 2.92. The van der Waals surface area contributed by atoms with Gasteiger partial charge in [0, 0.05) is 19.7 Å². The lowest BCUT2D eigenvalue weighted by Crippen LogP contribution is -2.44. The Morgan fingerprint density at radius 2 is 1.65 bits per heavy atom. The monoisotopic (exact) mass is 285 g/mol. The summed E-state index contributed by atoms with van der Waals surface area (Å²) in [5.41, 5.74) is 0.0592. The fraction of sp³-hybridized carbons (Fsp3) is 1.00. The van der Waals surface area contributed by atoms with Crippen LogP contribution < -0.4 is 5.32 Å². The second-order valence-corrected chi connectivity index (χ2v) is 6.21. The molecule has 2 fully saturated rings. The first kappa shape index (κ1) is 16.2. The lowest BCUT2D eigenvalue weighted by atomic mass is 9.94. The van der Waals surface area contributed by atoms with Crippen molar-refractivity contribution < 1.29 is 14.2 Å². The second kappa shape index (κ2) is 8.98. The molecule has 2 aliphatic carbocycles. The van der Waals surface area contributed by atoms with E-state index < -0.39 is 0 Å². The van der Waals surface area contributed by atoms with Crippen LogP contribution in [0, 0.1) is 0 Å². The van der Waals surface area contributed by atoms with Crippen molar-refractivity contribution in [1.82, 2.24) is 5.32 Å².